The molecule has 0 atom stereocenters. The molecule has 1 N–H and O–H groups in total. The lowest BCUT2D eigenvalue weighted by Gasteiger charge is -2.33. The molecule has 0 radical (unpaired) electrons. The van der Waals surface area contributed by atoms with Gasteiger partial charge in [0.1, 0.15) is 11.4 Å². The fourth-order valence-corrected chi connectivity index (χ4v) is 3.30. The summed E-state index contributed by atoms with van der Waals surface area (Å²) in [6.45, 7) is 2.12. The van der Waals surface area contributed by atoms with Gasteiger partial charge >= 0.3 is 0 Å². The summed E-state index contributed by atoms with van der Waals surface area (Å²) < 4.78 is 6.34. The van der Waals surface area contributed by atoms with Gasteiger partial charge in [0.2, 0.25) is 0 Å². The maximum Gasteiger partial charge on any atom is 0.124 e. The maximum atomic E-state index is 6.34. The lowest BCUT2D eigenvalue weighted by Crippen LogP contribution is -2.45. The summed E-state index contributed by atoms with van der Waals surface area (Å²) in [5.74, 6) is 1.07. The van der Waals surface area contributed by atoms with E-state index in [4.69, 9.17) is 4.74 Å². The fraction of sp³-hybridized carbons (Fsp3) is 0.353. The Hall–Kier alpha value is -1.87. The van der Waals surface area contributed by atoms with Gasteiger partial charge in [-0.1, -0.05) is 12.1 Å². The van der Waals surface area contributed by atoms with E-state index in [0.717, 1.165) is 38.1 Å². The summed E-state index contributed by atoms with van der Waals surface area (Å²) in [4.78, 5) is 4.07. The Balaban J connectivity index is 1.66. The number of piperidine rings is 1. The molecule has 4 rings (SSSR count). The summed E-state index contributed by atoms with van der Waals surface area (Å²) in [5.41, 5.74) is 3.80. The molecule has 1 aromatic heterocycles. The molecular weight excluding hydrogens is 248 g/mol. The van der Waals surface area contributed by atoms with Gasteiger partial charge in [0.15, 0.2) is 0 Å². The van der Waals surface area contributed by atoms with Crippen LogP contribution in [0.3, 0.4) is 0 Å². The van der Waals surface area contributed by atoms with Gasteiger partial charge in [0.25, 0.3) is 0 Å². The number of hydrogen-bond acceptors (Lipinski definition) is 3. The number of fused-ring (bicyclic) bond motifs is 1. The summed E-state index contributed by atoms with van der Waals surface area (Å²) in [5, 5.41) is 3.41. The van der Waals surface area contributed by atoms with Crippen molar-refractivity contribution in [2.24, 2.45) is 0 Å². The first-order valence-corrected chi connectivity index (χ1v) is 7.28. The summed E-state index contributed by atoms with van der Waals surface area (Å²) in [6.07, 6.45) is 6.93. The first-order chi connectivity index (χ1) is 9.85. The summed E-state index contributed by atoms with van der Waals surface area (Å²) in [6, 6.07) is 10.7. The first kappa shape index (κ1) is 11.9. The molecule has 0 amide bonds. The van der Waals surface area contributed by atoms with Gasteiger partial charge in [-0.2, -0.15) is 0 Å². The van der Waals surface area contributed by atoms with E-state index < -0.39 is 0 Å². The van der Waals surface area contributed by atoms with E-state index in [2.05, 4.69) is 28.5 Å². The maximum absolute atomic E-state index is 6.34. The van der Waals surface area contributed by atoms with Crippen LogP contribution in [-0.4, -0.2) is 23.7 Å². The molecule has 2 aliphatic heterocycles. The molecule has 0 unspecified atom stereocenters. The average molecular weight is 266 g/mol. The molecule has 0 aliphatic carbocycles. The van der Waals surface area contributed by atoms with Crippen LogP contribution < -0.4 is 10.1 Å². The number of benzene rings is 1. The topological polar surface area (TPSA) is 34.1 Å². The van der Waals surface area contributed by atoms with E-state index in [9.17, 15) is 0 Å². The second kappa shape index (κ2) is 4.60. The largest absolute Gasteiger partial charge is 0.487 e. The van der Waals surface area contributed by atoms with E-state index >= 15 is 0 Å². The van der Waals surface area contributed by atoms with Gasteiger partial charge in [-0.3, -0.25) is 4.98 Å². The number of rotatable bonds is 1. The highest BCUT2D eigenvalue weighted by molar-refractivity contribution is 5.66. The SMILES string of the molecule is c1cc(-c2ccc3c(c2)OC2(CCNCC2)C3)ccn1. The van der Waals surface area contributed by atoms with Crippen molar-refractivity contribution in [3.8, 4) is 16.9 Å². The van der Waals surface area contributed by atoms with Crippen molar-refractivity contribution in [1.29, 1.82) is 0 Å². The number of nitrogens with zero attached hydrogens (tertiary/aromatic N) is 1. The number of nitrogens with one attached hydrogen (secondary N) is 1. The van der Waals surface area contributed by atoms with Crippen molar-refractivity contribution in [3.05, 3.63) is 48.3 Å². The molecule has 0 bridgehead atoms. The van der Waals surface area contributed by atoms with Crippen LogP contribution >= 0.6 is 0 Å². The third-order valence-corrected chi connectivity index (χ3v) is 4.43. The van der Waals surface area contributed by atoms with Gasteiger partial charge < -0.3 is 10.1 Å². The molecule has 0 saturated carbocycles. The molecule has 1 fully saturated rings. The van der Waals surface area contributed by atoms with Crippen LogP contribution in [0.4, 0.5) is 0 Å². The van der Waals surface area contributed by atoms with Crippen molar-refractivity contribution >= 4 is 0 Å². The highest BCUT2D eigenvalue weighted by Crippen LogP contribution is 2.41. The molecule has 1 aromatic carbocycles. The smallest absolute Gasteiger partial charge is 0.124 e. The standard InChI is InChI=1S/C17H18N2O/c1-2-15-12-17(5-9-19-10-6-17)20-16(15)11-14(1)13-3-7-18-8-4-13/h1-4,7-8,11,19H,5-6,9-10,12H2. The van der Waals surface area contributed by atoms with Crippen LogP contribution in [0.2, 0.25) is 0 Å². The van der Waals surface area contributed by atoms with Crippen LogP contribution in [0.15, 0.2) is 42.7 Å². The zero-order chi connectivity index (χ0) is 13.4. The van der Waals surface area contributed by atoms with E-state index in [1.165, 1.54) is 16.7 Å². The highest BCUT2D eigenvalue weighted by atomic mass is 16.5. The Morgan fingerprint density at radius 3 is 2.60 bits per heavy atom. The second-order valence-corrected chi connectivity index (χ2v) is 5.77. The summed E-state index contributed by atoms with van der Waals surface area (Å²) >= 11 is 0. The normalized spacial score (nSPS) is 19.6. The van der Waals surface area contributed by atoms with Crippen molar-refractivity contribution in [2.45, 2.75) is 24.9 Å². The van der Waals surface area contributed by atoms with Crippen molar-refractivity contribution in [3.63, 3.8) is 0 Å². The van der Waals surface area contributed by atoms with Crippen molar-refractivity contribution in [1.82, 2.24) is 10.3 Å². The lowest BCUT2D eigenvalue weighted by molar-refractivity contribution is 0.0600. The van der Waals surface area contributed by atoms with Crippen LogP contribution in [0, 0.1) is 0 Å². The molecule has 1 spiro atoms. The van der Waals surface area contributed by atoms with Crippen molar-refractivity contribution in [2.75, 3.05) is 13.1 Å². The van der Waals surface area contributed by atoms with Gasteiger partial charge in [-0.15, -0.1) is 0 Å². The Labute approximate surface area is 119 Å². The number of pyridine rings is 1. The predicted octanol–water partition coefficient (Wildman–Crippen LogP) is 2.81. The van der Waals surface area contributed by atoms with E-state index in [1.54, 1.807) is 0 Å². The summed E-state index contributed by atoms with van der Waals surface area (Å²) in [7, 11) is 0. The monoisotopic (exact) mass is 266 g/mol. The Kier molecular flexibility index (Phi) is 2.74. The predicted molar refractivity (Wildman–Crippen MR) is 78.8 cm³/mol. The van der Waals surface area contributed by atoms with Crippen LogP contribution in [0.25, 0.3) is 11.1 Å². The molecule has 2 aromatic rings. The van der Waals surface area contributed by atoms with Gasteiger partial charge in [-0.25, -0.2) is 0 Å². The lowest BCUT2D eigenvalue weighted by atomic mass is 9.88. The van der Waals surface area contributed by atoms with Crippen LogP contribution in [0.1, 0.15) is 18.4 Å². The molecule has 3 nitrogen and oxygen atoms in total. The Morgan fingerprint density at radius 2 is 1.80 bits per heavy atom. The first-order valence-electron chi connectivity index (χ1n) is 7.28. The molecule has 20 heavy (non-hydrogen) atoms. The van der Waals surface area contributed by atoms with E-state index in [-0.39, 0.29) is 5.60 Å². The average Bonchev–Trinajstić information content (AvgIpc) is 2.85. The van der Waals surface area contributed by atoms with Gasteiger partial charge in [0.05, 0.1) is 0 Å². The quantitative estimate of drug-likeness (QED) is 0.862. The number of hydrogen-bond donors (Lipinski definition) is 1. The molecule has 3 heteroatoms. The molecule has 102 valence electrons. The van der Waals surface area contributed by atoms with Crippen LogP contribution in [-0.2, 0) is 6.42 Å². The third-order valence-electron chi connectivity index (χ3n) is 4.43. The van der Waals surface area contributed by atoms with E-state index in [1.807, 2.05) is 24.5 Å². The minimum Gasteiger partial charge on any atom is -0.487 e. The second-order valence-electron chi connectivity index (χ2n) is 5.77. The number of ether oxygens (including phenoxy) is 1. The van der Waals surface area contributed by atoms with Crippen molar-refractivity contribution < 1.29 is 4.74 Å². The van der Waals surface area contributed by atoms with Gasteiger partial charge in [0, 0.05) is 18.8 Å². The molecule has 2 aliphatic rings. The fourth-order valence-electron chi connectivity index (χ4n) is 3.30. The highest BCUT2D eigenvalue weighted by Gasteiger charge is 2.40. The van der Waals surface area contributed by atoms with Gasteiger partial charge in [-0.05, 0) is 60.8 Å². The number of aromatic nitrogens is 1. The minimum atomic E-state index is 0.0461. The molecular formula is C17H18N2O. The zero-order valence-corrected chi connectivity index (χ0v) is 11.4. The van der Waals surface area contributed by atoms with Crippen LogP contribution in [0.5, 0.6) is 5.75 Å². The van der Waals surface area contributed by atoms with E-state index in [0.29, 0.717) is 0 Å². The zero-order valence-electron chi connectivity index (χ0n) is 11.4. The Morgan fingerprint density at radius 1 is 1.00 bits per heavy atom. The Bertz CT molecular complexity index is 618. The minimum absolute atomic E-state index is 0.0461. The third kappa shape index (κ3) is 1.98. The molecule has 1 saturated heterocycles. The molecule has 3 heterocycles.